The summed E-state index contributed by atoms with van der Waals surface area (Å²) in [5.74, 6) is -3.52. The molecule has 0 aliphatic carbocycles. The number of nitrogen functional groups attached to an aromatic ring is 1. The number of aromatic amines is 2. The first-order valence-corrected chi connectivity index (χ1v) is 26.1. The molecule has 0 saturated carbocycles. The number of hydrogen-bond donors (Lipinski definition) is 6. The van der Waals surface area contributed by atoms with Crippen molar-refractivity contribution in [3.63, 3.8) is 0 Å². The van der Waals surface area contributed by atoms with E-state index in [0.29, 0.717) is 16.8 Å². The minimum absolute atomic E-state index is 0. The quantitative estimate of drug-likeness (QED) is 0.0276. The van der Waals surface area contributed by atoms with E-state index >= 15 is 0 Å². The average Bonchev–Trinajstić information content (AvgIpc) is 3.11. The first-order valence-electron chi connectivity index (χ1n) is 14.1. The Bertz CT molecular complexity index is 2610. The van der Waals surface area contributed by atoms with E-state index in [2.05, 4.69) is 10.4 Å². The molecule has 0 bridgehead atoms. The van der Waals surface area contributed by atoms with Crippen LogP contribution in [0.5, 0.6) is 0 Å². The Kier molecular flexibility index (Phi) is 28.8. The molecule has 1 amide bonds. The van der Waals surface area contributed by atoms with Gasteiger partial charge in [0.25, 0.3) is 28.4 Å². The molecule has 290 valence electrons. The maximum absolute atomic E-state index is 11.3. The third-order valence-electron chi connectivity index (χ3n) is 5.83. The van der Waals surface area contributed by atoms with Gasteiger partial charge in [-0.25, -0.2) is 9.59 Å². The van der Waals surface area contributed by atoms with Crippen molar-refractivity contribution >= 4 is 124 Å². The van der Waals surface area contributed by atoms with Gasteiger partial charge in [-0.15, -0.1) is 0 Å². The van der Waals surface area contributed by atoms with Crippen LogP contribution >= 0.6 is 0 Å². The number of aromatic nitrogens is 2. The Hall–Kier alpha value is -3.21. The number of nitrogens with zero attached hydrogens (tertiary/aromatic N) is 2. The summed E-state index contributed by atoms with van der Waals surface area (Å²) in [5, 5.41) is 44.8. The predicted octanol–water partition coefficient (Wildman–Crippen LogP) is -8.12. The predicted molar refractivity (Wildman–Crippen MR) is 186 cm³/mol. The van der Waals surface area contributed by atoms with Gasteiger partial charge in [0.15, 0.2) is 11.3 Å². The first kappa shape index (κ1) is 59.1. The van der Waals surface area contributed by atoms with Gasteiger partial charge in [-0.05, 0) is 18.2 Å². The van der Waals surface area contributed by atoms with Crippen LogP contribution in [0.25, 0.3) is 10.8 Å². The molecule has 4 aromatic rings. The summed E-state index contributed by atoms with van der Waals surface area (Å²) < 4.78 is 70.4. The van der Waals surface area contributed by atoms with Crippen molar-refractivity contribution in [3.05, 3.63) is 118 Å². The van der Waals surface area contributed by atoms with Crippen LogP contribution in [-0.2, 0) is 28.9 Å². The number of fused-ring (bicyclic) bond motifs is 2. The number of carbonyl (C=O) groups is 4. The number of carbonyl (C=O) groups excluding carboxylic acids is 2. The fourth-order valence-electron chi connectivity index (χ4n) is 3.86. The van der Waals surface area contributed by atoms with Crippen molar-refractivity contribution in [1.29, 1.82) is 0 Å². The Morgan fingerprint density at radius 2 is 1.21 bits per heavy atom. The van der Waals surface area contributed by atoms with E-state index in [-0.39, 0.29) is 93.8 Å². The molecule has 0 spiro atoms. The number of nitrogens with one attached hydrogen (secondary N) is 3. The number of nitrogens with two attached hydrogens (primary N) is 1. The number of rotatable bonds is 4. The van der Waals surface area contributed by atoms with E-state index in [1.54, 1.807) is 18.2 Å². The molecule has 0 saturated heterocycles. The van der Waals surface area contributed by atoms with Gasteiger partial charge in [-0.2, -0.15) is 16.8 Å². The monoisotopic (exact) mass is 910 g/mol. The number of benzene rings is 3. The van der Waals surface area contributed by atoms with Crippen LogP contribution < -0.4 is 81.3 Å². The Morgan fingerprint density at radius 1 is 0.759 bits per heavy atom. The van der Waals surface area contributed by atoms with Gasteiger partial charge in [0.05, 0.1) is 32.9 Å². The number of non-ortho nitro benzene ring substituents is 1. The number of hydrogen-bond acceptors (Lipinski definition) is 19. The molecule has 58 heavy (non-hydrogen) atoms. The maximum atomic E-state index is 11.3. The van der Waals surface area contributed by atoms with Gasteiger partial charge in [0.1, 0.15) is 5.39 Å². The topological polar surface area (TPSA) is 447 Å². The third kappa shape index (κ3) is 19.7. The normalized spacial score (nSPS) is 10.4. The molecule has 26 nitrogen and oxygen atoms in total. The molecule has 0 unspecified atom stereocenters. The van der Waals surface area contributed by atoms with Crippen LogP contribution in [-0.4, -0.2) is 138 Å². The molecule has 5 rings (SSSR count). The van der Waals surface area contributed by atoms with Gasteiger partial charge < -0.3 is 30.4 Å². The number of anilines is 1. The number of carboxylic acids is 2. The second kappa shape index (κ2) is 28.3. The number of H-pyrrole nitrogens is 2. The van der Waals surface area contributed by atoms with Gasteiger partial charge >= 0.3 is 133 Å². The van der Waals surface area contributed by atoms with Gasteiger partial charge in [0, 0.05) is 33.8 Å². The van der Waals surface area contributed by atoms with E-state index < -0.39 is 78.6 Å². The molecule has 0 atom stereocenters. The standard InChI is InChI=1S/C9H8N2O2.C8H5N3O4.C8H5NO6.4Na.O4S2.H2O4S/c10-6-3-1-2-5-7(12)4-11-9(13)8(5)6;12-7-4-2-1-3-5(11(14)15)6(4)8(13)10-9-7;10-7(11)4-2-1-3-5(9(14)15)6(4)8(12)13;;;;;1-5(2)6(3)4;1-5(2,3)4/h1-3H,4,10H2,(H,11,13);1-3H,(H,9,12)(H,10,13);1-3H,(H,10,11)(H,12,13);;;;;;(H2,1,2,3,4)/q;;;;;2*+1;;/p-2. The summed E-state index contributed by atoms with van der Waals surface area (Å²) in [7, 11) is -11.1. The third-order valence-corrected chi connectivity index (χ3v) is 6.72. The second-order valence-corrected chi connectivity index (χ2v) is 12.4. The molecule has 7 N–H and O–H groups in total. The number of amides is 1. The van der Waals surface area contributed by atoms with Crippen molar-refractivity contribution in [3.8, 4) is 0 Å². The summed E-state index contributed by atoms with van der Waals surface area (Å²) in [6.07, 6.45) is 0. The van der Waals surface area contributed by atoms with E-state index in [4.69, 9.17) is 50.3 Å². The van der Waals surface area contributed by atoms with Crippen LogP contribution in [0.4, 0.5) is 17.1 Å². The molecule has 33 heteroatoms. The van der Waals surface area contributed by atoms with Crippen LogP contribution in [0.3, 0.4) is 0 Å². The number of aromatic carboxylic acids is 2. The SMILES string of the molecule is Nc1cccc2c1C(=O)NCC2=O.O=C(O)c1cccc([N+](=O)[O-])c1C(=O)O.O=S(=O)([O-])[O-].O=S(=O)=S(=O)=O.O=c1[nH][nH]c(=O)c2c([N+](=O)[O-])cccc12.[Na+].[Na+].[Na][Na]. The molecule has 0 fully saturated rings. The number of Topliss-reactive ketones (excluding diaryl/α,β-unsaturated/α-hetero) is 1. The van der Waals surface area contributed by atoms with E-state index in [0.717, 1.165) is 18.2 Å². The summed E-state index contributed by atoms with van der Waals surface area (Å²) in [6.45, 7) is 0.0648. The first-order chi connectivity index (χ1) is 25.9. The number of ketones is 1. The van der Waals surface area contributed by atoms with Gasteiger partial charge in [-0.3, -0.25) is 58.0 Å². The Labute approximate surface area is 397 Å². The minimum atomic E-state index is -5.17. The number of nitro groups is 2. The molecule has 1 aliphatic heterocycles. The van der Waals surface area contributed by atoms with Crippen LogP contribution in [0.2, 0.25) is 0 Å². The summed E-state index contributed by atoms with van der Waals surface area (Å²) in [5.41, 5.74) is 2.89. The number of carboxylic acid groups (broad SMARTS) is 2. The van der Waals surface area contributed by atoms with E-state index in [1.165, 1.54) is 61.8 Å². The van der Waals surface area contributed by atoms with Crippen molar-refractivity contribution in [2.45, 2.75) is 0 Å². The molecular weight excluding hydrogens is 892 g/mol. The zero-order valence-corrected chi connectivity index (χ0v) is 40.3. The van der Waals surface area contributed by atoms with Crippen molar-refractivity contribution in [2.24, 2.45) is 0 Å². The van der Waals surface area contributed by atoms with Gasteiger partial charge in [0.2, 0.25) is 0 Å². The molecule has 0 radical (unpaired) electrons. The molecule has 1 aliphatic rings. The summed E-state index contributed by atoms with van der Waals surface area (Å²) in [6, 6.07) is 11.8. The van der Waals surface area contributed by atoms with Gasteiger partial charge in [-0.1, -0.05) is 24.3 Å². The zero-order valence-electron chi connectivity index (χ0n) is 29.8. The molecular formula is C25H18N6Na4O20S3. The fraction of sp³-hybridized carbons (Fsp3) is 0.0400. The van der Waals surface area contributed by atoms with Crippen molar-refractivity contribution < 1.29 is 133 Å². The molecule has 1 aromatic heterocycles. The summed E-state index contributed by atoms with van der Waals surface area (Å²) in [4.78, 5) is 85.9. The Balaban J connectivity index is -0.000000672. The Morgan fingerprint density at radius 3 is 1.64 bits per heavy atom. The fourth-order valence-corrected chi connectivity index (χ4v) is 3.86. The average molecular weight is 911 g/mol. The molecule has 3 aromatic carbocycles. The van der Waals surface area contributed by atoms with Crippen LogP contribution in [0.1, 0.15) is 41.4 Å². The van der Waals surface area contributed by atoms with E-state index in [1.807, 2.05) is 5.10 Å². The van der Waals surface area contributed by atoms with E-state index in [9.17, 15) is 49.0 Å². The number of nitro benzene ring substituents is 2. The van der Waals surface area contributed by atoms with Crippen molar-refractivity contribution in [1.82, 2.24) is 15.5 Å². The molecule has 2 heterocycles. The van der Waals surface area contributed by atoms with Crippen LogP contribution in [0.15, 0.2) is 64.2 Å². The van der Waals surface area contributed by atoms with Crippen molar-refractivity contribution in [2.75, 3.05) is 12.3 Å². The summed E-state index contributed by atoms with van der Waals surface area (Å²) >= 11 is 2.89. The second-order valence-electron chi connectivity index (χ2n) is 9.12. The van der Waals surface area contributed by atoms with Crippen LogP contribution in [0, 0.1) is 20.2 Å². The zero-order chi connectivity index (χ0) is 43.7.